The summed E-state index contributed by atoms with van der Waals surface area (Å²) in [4.78, 5) is 8.21. The van der Waals surface area contributed by atoms with Crippen LogP contribution in [0.2, 0.25) is 0 Å². The zero-order valence-corrected chi connectivity index (χ0v) is 14.5. The highest BCUT2D eigenvalue weighted by molar-refractivity contribution is 9.10. The van der Waals surface area contributed by atoms with Crippen molar-refractivity contribution in [2.45, 2.75) is 31.8 Å². The molecule has 0 bridgehead atoms. The summed E-state index contributed by atoms with van der Waals surface area (Å²) in [6.45, 7) is 4.40. The molecule has 0 radical (unpaired) electrons. The second kappa shape index (κ2) is 6.90. The lowest BCUT2D eigenvalue weighted by Gasteiger charge is -2.34. The molecular weight excluding hydrogens is 346 g/mol. The maximum absolute atomic E-state index is 4.44. The smallest absolute Gasteiger partial charge is 0.128 e. The van der Waals surface area contributed by atoms with Crippen LogP contribution in [-0.2, 0) is 0 Å². The van der Waals surface area contributed by atoms with Crippen molar-refractivity contribution in [3.8, 4) is 0 Å². The van der Waals surface area contributed by atoms with Gasteiger partial charge in [-0.25, -0.2) is 4.98 Å². The van der Waals surface area contributed by atoms with Crippen molar-refractivity contribution in [2.75, 3.05) is 18.0 Å². The van der Waals surface area contributed by atoms with Gasteiger partial charge in [0, 0.05) is 40.7 Å². The normalized spacial score (nSPS) is 17.9. The van der Waals surface area contributed by atoms with Gasteiger partial charge in [0.15, 0.2) is 0 Å². The number of piperidine rings is 1. The second-order valence-electron chi connectivity index (χ2n) is 5.47. The van der Waals surface area contributed by atoms with Crippen LogP contribution in [0.5, 0.6) is 0 Å². The van der Waals surface area contributed by atoms with E-state index < -0.39 is 0 Å². The first-order valence-electron chi connectivity index (χ1n) is 7.39. The van der Waals surface area contributed by atoms with Gasteiger partial charge in [-0.15, -0.1) is 11.3 Å². The number of hydrogen-bond acceptors (Lipinski definition) is 4. The third-order valence-electron chi connectivity index (χ3n) is 3.99. The molecule has 0 spiro atoms. The van der Waals surface area contributed by atoms with Gasteiger partial charge in [-0.3, -0.25) is 0 Å². The number of nitrogens with one attached hydrogen (secondary N) is 1. The van der Waals surface area contributed by atoms with Gasteiger partial charge in [-0.2, -0.15) is 0 Å². The van der Waals surface area contributed by atoms with Crippen LogP contribution in [-0.4, -0.2) is 24.1 Å². The molecule has 3 heterocycles. The molecule has 2 aromatic heterocycles. The molecule has 1 saturated heterocycles. The first kappa shape index (κ1) is 15.0. The van der Waals surface area contributed by atoms with E-state index in [0.29, 0.717) is 12.1 Å². The van der Waals surface area contributed by atoms with Gasteiger partial charge < -0.3 is 10.2 Å². The van der Waals surface area contributed by atoms with Gasteiger partial charge in [-0.1, -0.05) is 6.07 Å². The van der Waals surface area contributed by atoms with Crippen molar-refractivity contribution in [2.24, 2.45) is 0 Å². The standard InChI is InChI=1S/C16H20BrN3S/c1-12(16-14(17)7-11-21-16)19-13-5-9-20(10-6-13)15-4-2-3-8-18-15/h2-4,7-8,11-13,19H,5-6,9-10H2,1H3. The van der Waals surface area contributed by atoms with E-state index in [1.54, 1.807) is 0 Å². The second-order valence-corrected chi connectivity index (χ2v) is 7.27. The first-order chi connectivity index (χ1) is 10.2. The molecule has 112 valence electrons. The summed E-state index contributed by atoms with van der Waals surface area (Å²) in [7, 11) is 0. The minimum absolute atomic E-state index is 0.408. The van der Waals surface area contributed by atoms with Crippen LogP contribution >= 0.6 is 27.3 Å². The molecule has 2 aromatic rings. The monoisotopic (exact) mass is 365 g/mol. The van der Waals surface area contributed by atoms with E-state index in [2.05, 4.69) is 61.6 Å². The fourth-order valence-electron chi connectivity index (χ4n) is 2.86. The predicted octanol–water partition coefficient (Wildman–Crippen LogP) is 4.23. The van der Waals surface area contributed by atoms with Crippen LogP contribution < -0.4 is 10.2 Å². The van der Waals surface area contributed by atoms with Crippen molar-refractivity contribution in [1.29, 1.82) is 0 Å². The topological polar surface area (TPSA) is 28.2 Å². The van der Waals surface area contributed by atoms with E-state index >= 15 is 0 Å². The van der Waals surface area contributed by atoms with Gasteiger partial charge in [0.1, 0.15) is 5.82 Å². The Morgan fingerprint density at radius 3 is 2.76 bits per heavy atom. The Morgan fingerprint density at radius 1 is 1.33 bits per heavy atom. The molecule has 3 rings (SSSR count). The molecule has 21 heavy (non-hydrogen) atoms. The first-order valence-corrected chi connectivity index (χ1v) is 9.06. The van der Waals surface area contributed by atoms with E-state index in [-0.39, 0.29) is 0 Å². The van der Waals surface area contributed by atoms with Gasteiger partial charge >= 0.3 is 0 Å². The van der Waals surface area contributed by atoms with Crippen LogP contribution in [0.3, 0.4) is 0 Å². The van der Waals surface area contributed by atoms with Crippen LogP contribution in [0.4, 0.5) is 5.82 Å². The molecule has 1 aliphatic heterocycles. The zero-order chi connectivity index (χ0) is 14.7. The maximum Gasteiger partial charge on any atom is 0.128 e. The number of nitrogens with zero attached hydrogens (tertiary/aromatic N) is 2. The molecule has 0 aromatic carbocycles. The van der Waals surface area contributed by atoms with Gasteiger partial charge in [0.25, 0.3) is 0 Å². The minimum Gasteiger partial charge on any atom is -0.357 e. The van der Waals surface area contributed by atoms with Gasteiger partial charge in [0.05, 0.1) is 0 Å². The van der Waals surface area contributed by atoms with E-state index in [0.717, 1.165) is 18.9 Å². The lowest BCUT2D eigenvalue weighted by molar-refractivity contribution is 0.382. The van der Waals surface area contributed by atoms with Crippen LogP contribution in [0.1, 0.15) is 30.7 Å². The fraction of sp³-hybridized carbons (Fsp3) is 0.438. The lowest BCUT2D eigenvalue weighted by Crippen LogP contribution is -2.43. The Bertz CT molecular complexity index is 564. The van der Waals surface area contributed by atoms with Crippen molar-refractivity contribution in [3.05, 3.63) is 45.2 Å². The molecule has 0 aliphatic carbocycles. The number of aromatic nitrogens is 1. The van der Waals surface area contributed by atoms with Crippen LogP contribution in [0.25, 0.3) is 0 Å². The Labute approximate surface area is 138 Å². The number of hydrogen-bond donors (Lipinski definition) is 1. The summed E-state index contributed by atoms with van der Waals surface area (Å²) >= 11 is 5.44. The Balaban J connectivity index is 1.53. The Morgan fingerprint density at radius 2 is 2.14 bits per heavy atom. The fourth-order valence-corrected chi connectivity index (χ4v) is 4.59. The summed E-state index contributed by atoms with van der Waals surface area (Å²) in [5, 5.41) is 5.91. The summed E-state index contributed by atoms with van der Waals surface area (Å²) < 4.78 is 1.22. The van der Waals surface area contributed by atoms with Crippen molar-refractivity contribution < 1.29 is 0 Å². The minimum atomic E-state index is 0.408. The van der Waals surface area contributed by atoms with Crippen molar-refractivity contribution >= 4 is 33.1 Å². The summed E-state index contributed by atoms with van der Waals surface area (Å²) in [6.07, 6.45) is 4.21. The molecule has 3 nitrogen and oxygen atoms in total. The molecule has 1 fully saturated rings. The number of thiophene rings is 1. The van der Waals surface area contributed by atoms with E-state index in [1.807, 2.05) is 23.6 Å². The van der Waals surface area contributed by atoms with Gasteiger partial charge in [-0.05, 0) is 59.3 Å². The van der Waals surface area contributed by atoms with Crippen molar-refractivity contribution in [1.82, 2.24) is 10.3 Å². The molecule has 1 N–H and O–H groups in total. The number of rotatable bonds is 4. The molecule has 0 amide bonds. The molecule has 1 aliphatic rings. The molecule has 1 atom stereocenters. The zero-order valence-electron chi connectivity index (χ0n) is 12.1. The van der Waals surface area contributed by atoms with E-state index in [4.69, 9.17) is 0 Å². The highest BCUT2D eigenvalue weighted by Crippen LogP contribution is 2.30. The summed E-state index contributed by atoms with van der Waals surface area (Å²) in [6, 6.07) is 9.25. The summed E-state index contributed by atoms with van der Waals surface area (Å²) in [5.74, 6) is 1.10. The lowest BCUT2D eigenvalue weighted by atomic mass is 10.0. The summed E-state index contributed by atoms with van der Waals surface area (Å²) in [5.41, 5.74) is 0. The largest absolute Gasteiger partial charge is 0.357 e. The van der Waals surface area contributed by atoms with E-state index in [1.165, 1.54) is 22.2 Å². The predicted molar refractivity (Wildman–Crippen MR) is 93.0 cm³/mol. The molecule has 5 heteroatoms. The molecular formula is C16H20BrN3S. The maximum atomic E-state index is 4.44. The third-order valence-corrected chi connectivity index (χ3v) is 6.05. The molecule has 0 saturated carbocycles. The molecule has 1 unspecified atom stereocenters. The van der Waals surface area contributed by atoms with Gasteiger partial charge in [0.2, 0.25) is 0 Å². The Kier molecular flexibility index (Phi) is 4.93. The highest BCUT2D eigenvalue weighted by atomic mass is 79.9. The van der Waals surface area contributed by atoms with E-state index in [9.17, 15) is 0 Å². The third kappa shape index (κ3) is 3.65. The van der Waals surface area contributed by atoms with Crippen molar-refractivity contribution in [3.63, 3.8) is 0 Å². The highest BCUT2D eigenvalue weighted by Gasteiger charge is 2.22. The average Bonchev–Trinajstić information content (AvgIpc) is 2.95. The Hall–Kier alpha value is -0.910. The van der Waals surface area contributed by atoms with Crippen LogP contribution in [0.15, 0.2) is 40.3 Å². The number of pyridine rings is 1. The van der Waals surface area contributed by atoms with Crippen LogP contribution in [0, 0.1) is 0 Å². The SMILES string of the molecule is CC(NC1CCN(c2ccccn2)CC1)c1sccc1Br. The quantitative estimate of drug-likeness (QED) is 0.878. The average molecular weight is 366 g/mol. The number of halogens is 1. The number of anilines is 1.